The number of nitrogens with zero attached hydrogens (tertiary/aromatic N) is 4. The highest BCUT2D eigenvalue weighted by atomic mass is 16.5. The van der Waals surface area contributed by atoms with Crippen molar-refractivity contribution in [3.63, 3.8) is 0 Å². The van der Waals surface area contributed by atoms with Crippen molar-refractivity contribution in [1.82, 2.24) is 25.1 Å². The van der Waals surface area contributed by atoms with E-state index >= 15 is 0 Å². The van der Waals surface area contributed by atoms with Crippen LogP contribution in [0.15, 0.2) is 59.6 Å². The number of imidazole rings is 1. The predicted octanol–water partition coefficient (Wildman–Crippen LogP) is 2.97. The molecule has 3 aromatic rings. The Labute approximate surface area is 190 Å². The number of benzene rings is 2. The fourth-order valence-corrected chi connectivity index (χ4v) is 4.36. The van der Waals surface area contributed by atoms with E-state index in [-0.39, 0.29) is 0 Å². The van der Waals surface area contributed by atoms with Gasteiger partial charge in [0.1, 0.15) is 5.82 Å². The topological polar surface area (TPSA) is 66.7 Å². The van der Waals surface area contributed by atoms with Gasteiger partial charge < -0.3 is 19.9 Å². The fraction of sp³-hybridized carbons (Fsp3) is 0.440. The van der Waals surface area contributed by atoms with Crippen LogP contribution in [-0.2, 0) is 11.3 Å². The van der Waals surface area contributed by atoms with Crippen molar-refractivity contribution in [2.75, 3.05) is 46.4 Å². The molecule has 2 aromatic carbocycles. The van der Waals surface area contributed by atoms with Crippen molar-refractivity contribution in [2.24, 2.45) is 4.99 Å². The molecule has 0 saturated carbocycles. The highest BCUT2D eigenvalue weighted by Gasteiger charge is 2.22. The van der Waals surface area contributed by atoms with Gasteiger partial charge in [0, 0.05) is 39.8 Å². The van der Waals surface area contributed by atoms with Crippen LogP contribution in [0.1, 0.15) is 23.9 Å². The van der Waals surface area contributed by atoms with Gasteiger partial charge in [-0.15, -0.1) is 0 Å². The molecule has 0 spiro atoms. The monoisotopic (exact) mass is 434 g/mol. The van der Waals surface area contributed by atoms with Crippen LogP contribution >= 0.6 is 0 Å². The molecule has 2 heterocycles. The van der Waals surface area contributed by atoms with Crippen LogP contribution < -0.4 is 10.6 Å². The lowest BCUT2D eigenvalue weighted by atomic mass is 10.0. The number of hydrogen-bond donors (Lipinski definition) is 2. The van der Waals surface area contributed by atoms with Gasteiger partial charge in [-0.2, -0.15) is 0 Å². The number of morpholine rings is 1. The second-order valence-electron chi connectivity index (χ2n) is 8.11. The van der Waals surface area contributed by atoms with E-state index in [1.165, 1.54) is 11.1 Å². The number of para-hydroxylation sites is 2. The van der Waals surface area contributed by atoms with Crippen molar-refractivity contribution >= 4 is 17.0 Å². The van der Waals surface area contributed by atoms with Gasteiger partial charge >= 0.3 is 0 Å². The zero-order chi connectivity index (χ0) is 22.2. The second kappa shape index (κ2) is 11.1. The minimum atomic E-state index is 0.290. The molecule has 7 nitrogen and oxygen atoms in total. The molecule has 0 amide bonds. The zero-order valence-corrected chi connectivity index (χ0v) is 19.1. The van der Waals surface area contributed by atoms with Gasteiger partial charge in [0.25, 0.3) is 0 Å². The number of fused-ring (bicyclic) bond motifs is 1. The Balaban J connectivity index is 1.30. The number of aromatic nitrogens is 2. The molecule has 2 N–H and O–H groups in total. The van der Waals surface area contributed by atoms with E-state index in [0.29, 0.717) is 6.04 Å². The SMILES string of the molecule is CN=C(NCCCn1c(C)nc2ccccc21)NCC(c1ccccc1)N1CCOCC1. The van der Waals surface area contributed by atoms with E-state index in [2.05, 4.69) is 85.5 Å². The Kier molecular flexibility index (Phi) is 7.74. The van der Waals surface area contributed by atoms with E-state index < -0.39 is 0 Å². The lowest BCUT2D eigenvalue weighted by molar-refractivity contribution is 0.0170. The van der Waals surface area contributed by atoms with E-state index in [0.717, 1.165) is 69.7 Å². The quantitative estimate of drug-likeness (QED) is 0.324. The van der Waals surface area contributed by atoms with Crippen molar-refractivity contribution in [3.8, 4) is 0 Å². The largest absolute Gasteiger partial charge is 0.379 e. The fourth-order valence-electron chi connectivity index (χ4n) is 4.36. The third-order valence-electron chi connectivity index (χ3n) is 6.05. The summed E-state index contributed by atoms with van der Waals surface area (Å²) in [7, 11) is 1.83. The number of aryl methyl sites for hydroxylation is 2. The van der Waals surface area contributed by atoms with Crippen LogP contribution in [0.5, 0.6) is 0 Å². The minimum Gasteiger partial charge on any atom is -0.379 e. The Bertz CT molecular complexity index is 1010. The second-order valence-corrected chi connectivity index (χ2v) is 8.11. The third-order valence-corrected chi connectivity index (χ3v) is 6.05. The van der Waals surface area contributed by atoms with Crippen molar-refractivity contribution in [1.29, 1.82) is 0 Å². The molecule has 0 aliphatic carbocycles. The summed E-state index contributed by atoms with van der Waals surface area (Å²) >= 11 is 0. The summed E-state index contributed by atoms with van der Waals surface area (Å²) in [6, 6.07) is 19.3. The van der Waals surface area contributed by atoms with Gasteiger partial charge in [0.05, 0.1) is 30.3 Å². The Morgan fingerprint density at radius 1 is 1.06 bits per heavy atom. The molecule has 1 aliphatic heterocycles. The average Bonchev–Trinajstić information content (AvgIpc) is 3.16. The maximum atomic E-state index is 5.56. The van der Waals surface area contributed by atoms with Gasteiger partial charge in [-0.25, -0.2) is 4.98 Å². The summed E-state index contributed by atoms with van der Waals surface area (Å²) in [6.45, 7) is 8.13. The minimum absolute atomic E-state index is 0.290. The molecule has 1 aromatic heterocycles. The Hall–Kier alpha value is -2.90. The third kappa shape index (κ3) is 5.47. The highest BCUT2D eigenvalue weighted by Crippen LogP contribution is 2.21. The lowest BCUT2D eigenvalue weighted by Gasteiger charge is -2.35. The highest BCUT2D eigenvalue weighted by molar-refractivity contribution is 5.79. The lowest BCUT2D eigenvalue weighted by Crippen LogP contribution is -2.46. The number of aliphatic imine (C=N–C) groups is 1. The van der Waals surface area contributed by atoms with Crippen LogP contribution in [0.4, 0.5) is 0 Å². The molecule has 1 unspecified atom stereocenters. The summed E-state index contributed by atoms with van der Waals surface area (Å²) in [5, 5.41) is 7.01. The summed E-state index contributed by atoms with van der Waals surface area (Å²) in [4.78, 5) is 11.6. The zero-order valence-electron chi connectivity index (χ0n) is 19.1. The molecular weight excluding hydrogens is 400 g/mol. The van der Waals surface area contributed by atoms with Crippen LogP contribution in [0, 0.1) is 6.92 Å². The van der Waals surface area contributed by atoms with E-state index in [1.54, 1.807) is 0 Å². The predicted molar refractivity (Wildman–Crippen MR) is 130 cm³/mol. The van der Waals surface area contributed by atoms with Crippen LogP contribution in [0.25, 0.3) is 11.0 Å². The summed E-state index contributed by atoms with van der Waals surface area (Å²) < 4.78 is 7.85. The number of ether oxygens (including phenoxy) is 1. The van der Waals surface area contributed by atoms with Gasteiger partial charge in [-0.05, 0) is 31.0 Å². The first kappa shape index (κ1) is 22.3. The summed E-state index contributed by atoms with van der Waals surface area (Å²) in [5.41, 5.74) is 3.58. The van der Waals surface area contributed by atoms with Crippen LogP contribution in [0.3, 0.4) is 0 Å². The molecule has 1 saturated heterocycles. The molecule has 0 radical (unpaired) electrons. The van der Waals surface area contributed by atoms with Gasteiger partial charge in [-0.1, -0.05) is 42.5 Å². The Morgan fingerprint density at radius 2 is 1.81 bits per heavy atom. The number of nitrogens with one attached hydrogen (secondary N) is 2. The standard InChI is InChI=1S/C25H34N6O/c1-20-29-22-11-6-7-12-23(22)31(20)14-8-13-27-25(26-2)28-19-24(21-9-4-3-5-10-21)30-15-17-32-18-16-30/h3-7,9-12,24H,8,13-19H2,1-2H3,(H2,26,27,28). The number of guanidine groups is 1. The summed E-state index contributed by atoms with van der Waals surface area (Å²) in [6.07, 6.45) is 0.994. The summed E-state index contributed by atoms with van der Waals surface area (Å²) in [5.74, 6) is 1.90. The first-order valence-electron chi connectivity index (χ1n) is 11.5. The molecule has 32 heavy (non-hydrogen) atoms. The molecular formula is C25H34N6O. The van der Waals surface area contributed by atoms with Crippen molar-refractivity contribution in [3.05, 3.63) is 66.0 Å². The molecule has 1 aliphatic rings. The number of hydrogen-bond acceptors (Lipinski definition) is 4. The van der Waals surface area contributed by atoms with E-state index in [9.17, 15) is 0 Å². The van der Waals surface area contributed by atoms with E-state index in [4.69, 9.17) is 4.74 Å². The Morgan fingerprint density at radius 3 is 2.59 bits per heavy atom. The molecule has 1 atom stereocenters. The molecule has 4 rings (SSSR count). The van der Waals surface area contributed by atoms with Crippen LogP contribution in [-0.4, -0.2) is 66.9 Å². The smallest absolute Gasteiger partial charge is 0.191 e. The van der Waals surface area contributed by atoms with Gasteiger partial charge in [0.15, 0.2) is 5.96 Å². The van der Waals surface area contributed by atoms with Gasteiger partial charge in [-0.3, -0.25) is 9.89 Å². The normalized spacial score (nSPS) is 16.2. The maximum Gasteiger partial charge on any atom is 0.191 e. The first-order valence-corrected chi connectivity index (χ1v) is 11.5. The molecule has 170 valence electrons. The number of rotatable bonds is 8. The van der Waals surface area contributed by atoms with Crippen molar-refractivity contribution < 1.29 is 4.74 Å². The van der Waals surface area contributed by atoms with Gasteiger partial charge in [0.2, 0.25) is 0 Å². The average molecular weight is 435 g/mol. The maximum absolute atomic E-state index is 5.56. The van der Waals surface area contributed by atoms with Crippen LogP contribution in [0.2, 0.25) is 0 Å². The molecule has 1 fully saturated rings. The van der Waals surface area contributed by atoms with Crippen molar-refractivity contribution in [2.45, 2.75) is 25.9 Å². The van der Waals surface area contributed by atoms with E-state index in [1.807, 2.05) is 13.1 Å². The molecule has 0 bridgehead atoms. The molecule has 7 heteroatoms. The first-order chi connectivity index (χ1) is 15.8.